The molecule has 1 aliphatic heterocycles. The number of aliphatic imine (C=N–C) groups is 2. The Morgan fingerprint density at radius 3 is 2.72 bits per heavy atom. The van der Waals surface area contributed by atoms with Crippen molar-refractivity contribution in [1.82, 2.24) is 19.9 Å². The number of aryl methyl sites for hydroxylation is 1. The van der Waals surface area contributed by atoms with Gasteiger partial charge in [-0.05, 0) is 30.7 Å². The van der Waals surface area contributed by atoms with Crippen molar-refractivity contribution in [2.24, 2.45) is 15.1 Å². The average molecular weight is 433 g/mol. The second-order valence-corrected chi connectivity index (χ2v) is 7.15. The highest BCUT2D eigenvalue weighted by Gasteiger charge is 2.13. The zero-order valence-electron chi connectivity index (χ0n) is 18.1. The third-order valence-corrected chi connectivity index (χ3v) is 5.05. The number of hydrogen-bond acceptors (Lipinski definition) is 10. The van der Waals surface area contributed by atoms with Gasteiger partial charge >= 0.3 is 0 Å². The van der Waals surface area contributed by atoms with Gasteiger partial charge in [0, 0.05) is 36.0 Å². The number of benzene rings is 1. The van der Waals surface area contributed by atoms with E-state index in [1.165, 1.54) is 12.5 Å². The summed E-state index contributed by atoms with van der Waals surface area (Å²) in [5.74, 6) is 1.78. The Labute approximate surface area is 185 Å². The normalized spacial score (nSPS) is 14.5. The Hall–Kier alpha value is -4.08. The van der Waals surface area contributed by atoms with Crippen LogP contribution in [0.5, 0.6) is 11.6 Å². The lowest BCUT2D eigenvalue weighted by Gasteiger charge is -2.20. The van der Waals surface area contributed by atoms with Gasteiger partial charge < -0.3 is 19.6 Å². The number of pyridine rings is 1. The van der Waals surface area contributed by atoms with Crippen LogP contribution in [0.15, 0.2) is 51.9 Å². The minimum Gasteiger partial charge on any atom is -0.489 e. The maximum atomic E-state index is 8.79. The van der Waals surface area contributed by atoms with Crippen LogP contribution in [0.4, 0.5) is 0 Å². The lowest BCUT2D eigenvalue weighted by molar-refractivity contribution is 0.285. The highest BCUT2D eigenvalue weighted by atomic mass is 16.5. The number of likely N-dealkylation sites (N-methyl/N-ethyl adjacent to an activating group) is 1. The van der Waals surface area contributed by atoms with E-state index in [4.69, 9.17) is 14.7 Å². The molecule has 0 spiro atoms. The summed E-state index contributed by atoms with van der Waals surface area (Å²) in [4.78, 5) is 23.4. The van der Waals surface area contributed by atoms with Gasteiger partial charge in [-0.1, -0.05) is 5.16 Å². The molecule has 0 aliphatic carbocycles. The van der Waals surface area contributed by atoms with Crippen LogP contribution < -0.4 is 9.47 Å². The summed E-state index contributed by atoms with van der Waals surface area (Å²) in [7, 11) is 3.47. The molecule has 1 aliphatic rings. The van der Waals surface area contributed by atoms with Gasteiger partial charge in [-0.15, -0.1) is 0 Å². The van der Waals surface area contributed by atoms with Crippen molar-refractivity contribution >= 4 is 28.8 Å². The van der Waals surface area contributed by atoms with Crippen LogP contribution in [0, 0.1) is 6.92 Å². The van der Waals surface area contributed by atoms with Gasteiger partial charge in [-0.25, -0.2) is 24.9 Å². The Morgan fingerprint density at radius 2 is 2.03 bits per heavy atom. The quantitative estimate of drug-likeness (QED) is 0.469. The number of oxime groups is 1. The van der Waals surface area contributed by atoms with Crippen LogP contribution in [0.1, 0.15) is 5.69 Å². The Morgan fingerprint density at radius 1 is 1.16 bits per heavy atom. The molecule has 0 fully saturated rings. The standard InChI is InChI=1S/C22H23N7O3/c1-14-18-8-16(15-4-5-20(31-3)23-10-15)9-19(21(18)27-13-26-14)32-7-6-29(2)22-24-11-17(28-30)12-25-22/h4-5,8-11,13,30H,6-7,12H2,1-3H3. The van der Waals surface area contributed by atoms with Crippen molar-refractivity contribution in [3.05, 3.63) is 42.5 Å². The molecule has 1 aromatic carbocycles. The Balaban J connectivity index is 1.55. The van der Waals surface area contributed by atoms with E-state index in [1.54, 1.807) is 13.3 Å². The van der Waals surface area contributed by atoms with Gasteiger partial charge in [0.05, 0.1) is 26.4 Å². The Bertz CT molecular complexity index is 1210. The zero-order valence-corrected chi connectivity index (χ0v) is 18.1. The number of guanidine groups is 1. The molecule has 0 bridgehead atoms. The van der Waals surface area contributed by atoms with E-state index in [-0.39, 0.29) is 0 Å². The number of aromatic nitrogens is 3. The monoisotopic (exact) mass is 433 g/mol. The minimum atomic E-state index is 0.291. The fourth-order valence-corrected chi connectivity index (χ4v) is 3.24. The molecule has 0 atom stereocenters. The molecule has 1 N–H and O–H groups in total. The van der Waals surface area contributed by atoms with Gasteiger partial charge in [0.15, 0.2) is 0 Å². The van der Waals surface area contributed by atoms with Crippen molar-refractivity contribution < 1.29 is 14.7 Å². The number of ether oxygens (including phenoxy) is 2. The SMILES string of the molecule is COc1ccc(-c2cc(OCCN(C)C3=NCC(=NO)C=N3)c3ncnc(C)c3c2)cn1. The predicted molar refractivity (Wildman–Crippen MR) is 122 cm³/mol. The fraction of sp³-hybridized carbons (Fsp3) is 0.273. The topological polar surface area (TPSA) is 118 Å². The number of hydrogen-bond donors (Lipinski definition) is 1. The maximum Gasteiger partial charge on any atom is 0.220 e. The molecule has 32 heavy (non-hydrogen) atoms. The van der Waals surface area contributed by atoms with Gasteiger partial charge in [0.1, 0.15) is 29.9 Å². The van der Waals surface area contributed by atoms with E-state index in [9.17, 15) is 0 Å². The first-order valence-corrected chi connectivity index (χ1v) is 9.98. The van der Waals surface area contributed by atoms with Crippen molar-refractivity contribution in [3.8, 4) is 22.8 Å². The van der Waals surface area contributed by atoms with Crippen LogP contribution in [0.25, 0.3) is 22.0 Å². The first-order chi connectivity index (χ1) is 15.6. The van der Waals surface area contributed by atoms with E-state index in [0.717, 1.165) is 27.7 Å². The highest BCUT2D eigenvalue weighted by molar-refractivity contribution is 6.34. The summed E-state index contributed by atoms with van der Waals surface area (Å²) in [5, 5.41) is 12.8. The smallest absolute Gasteiger partial charge is 0.220 e. The van der Waals surface area contributed by atoms with E-state index >= 15 is 0 Å². The van der Waals surface area contributed by atoms with Crippen molar-refractivity contribution in [2.75, 3.05) is 33.9 Å². The second-order valence-electron chi connectivity index (χ2n) is 7.15. The predicted octanol–water partition coefficient (Wildman–Crippen LogP) is 2.59. The summed E-state index contributed by atoms with van der Waals surface area (Å²) in [5.41, 5.74) is 3.93. The molecule has 3 heterocycles. The molecule has 2 aromatic heterocycles. The molecule has 0 unspecified atom stereocenters. The summed E-state index contributed by atoms with van der Waals surface area (Å²) in [6.07, 6.45) is 4.80. The molecule has 0 amide bonds. The van der Waals surface area contributed by atoms with Crippen LogP contribution in [-0.2, 0) is 0 Å². The van der Waals surface area contributed by atoms with E-state index in [1.807, 2.05) is 43.1 Å². The number of methoxy groups -OCH3 is 1. The molecule has 10 nitrogen and oxygen atoms in total. The lowest BCUT2D eigenvalue weighted by atomic mass is 10.0. The van der Waals surface area contributed by atoms with E-state index < -0.39 is 0 Å². The highest BCUT2D eigenvalue weighted by Crippen LogP contribution is 2.32. The third kappa shape index (κ3) is 4.48. The van der Waals surface area contributed by atoms with Crippen LogP contribution >= 0.6 is 0 Å². The molecule has 10 heteroatoms. The number of nitrogens with zero attached hydrogens (tertiary/aromatic N) is 7. The third-order valence-electron chi connectivity index (χ3n) is 5.05. The molecule has 0 radical (unpaired) electrons. The van der Waals surface area contributed by atoms with Crippen molar-refractivity contribution in [1.29, 1.82) is 0 Å². The first kappa shape index (κ1) is 21.2. The number of rotatable bonds is 6. The van der Waals surface area contributed by atoms with Gasteiger partial charge in [0.2, 0.25) is 11.8 Å². The molecule has 4 rings (SSSR count). The van der Waals surface area contributed by atoms with Gasteiger partial charge in [-0.3, -0.25) is 0 Å². The average Bonchev–Trinajstić information content (AvgIpc) is 2.84. The van der Waals surface area contributed by atoms with Gasteiger partial charge in [0.25, 0.3) is 0 Å². The van der Waals surface area contributed by atoms with Gasteiger partial charge in [-0.2, -0.15) is 0 Å². The lowest BCUT2D eigenvalue weighted by Crippen LogP contribution is -2.32. The summed E-state index contributed by atoms with van der Waals surface area (Å²) in [6, 6.07) is 7.77. The number of fused-ring (bicyclic) bond motifs is 1. The zero-order chi connectivity index (χ0) is 22.5. The van der Waals surface area contributed by atoms with E-state index in [2.05, 4.69) is 30.1 Å². The van der Waals surface area contributed by atoms with E-state index in [0.29, 0.717) is 43.0 Å². The maximum absolute atomic E-state index is 8.79. The van der Waals surface area contributed by atoms with Crippen LogP contribution in [-0.4, -0.2) is 76.8 Å². The first-order valence-electron chi connectivity index (χ1n) is 9.98. The summed E-state index contributed by atoms with van der Waals surface area (Å²) in [6.45, 7) is 3.19. The van der Waals surface area contributed by atoms with Crippen LogP contribution in [0.3, 0.4) is 0 Å². The van der Waals surface area contributed by atoms with Crippen LogP contribution in [0.2, 0.25) is 0 Å². The largest absolute Gasteiger partial charge is 0.489 e. The summed E-state index contributed by atoms with van der Waals surface area (Å²) < 4.78 is 11.3. The minimum absolute atomic E-state index is 0.291. The summed E-state index contributed by atoms with van der Waals surface area (Å²) >= 11 is 0. The molecule has 0 saturated heterocycles. The van der Waals surface area contributed by atoms with Crippen molar-refractivity contribution in [2.45, 2.75) is 6.92 Å². The molecule has 164 valence electrons. The Kier molecular flexibility index (Phi) is 6.20. The fourth-order valence-electron chi connectivity index (χ4n) is 3.24. The van der Waals surface area contributed by atoms with Crippen molar-refractivity contribution in [3.63, 3.8) is 0 Å². The molecular weight excluding hydrogens is 410 g/mol. The molecule has 0 saturated carbocycles. The second kappa shape index (κ2) is 9.38. The molecular formula is C22H23N7O3. The molecule has 3 aromatic rings.